The number of hydrogen-bond acceptors (Lipinski definition) is 4. The van der Waals surface area contributed by atoms with E-state index in [1.54, 1.807) is 19.2 Å². The molecule has 0 radical (unpaired) electrons. The summed E-state index contributed by atoms with van der Waals surface area (Å²) >= 11 is 10.7. The van der Waals surface area contributed by atoms with Crippen LogP contribution in [-0.2, 0) is 9.53 Å². The maximum absolute atomic E-state index is 12.0. The Labute approximate surface area is 164 Å². The second-order valence-corrected chi connectivity index (χ2v) is 7.97. The van der Waals surface area contributed by atoms with Crippen molar-refractivity contribution in [3.05, 3.63) is 46.5 Å². The number of hydrogen-bond donors (Lipinski definition) is 3. The maximum atomic E-state index is 12.0. The Bertz CT molecular complexity index is 813. The van der Waals surface area contributed by atoms with Gasteiger partial charge in [0, 0.05) is 33.8 Å². The molecule has 26 heavy (non-hydrogen) atoms. The summed E-state index contributed by atoms with van der Waals surface area (Å²) in [7, 11) is 1.81. The second-order valence-electron chi connectivity index (χ2n) is 7.08. The van der Waals surface area contributed by atoms with Gasteiger partial charge >= 0.3 is 5.97 Å². The van der Waals surface area contributed by atoms with Gasteiger partial charge in [-0.25, -0.2) is 4.79 Å². The zero-order valence-corrected chi connectivity index (χ0v) is 17.2. The highest BCUT2D eigenvalue weighted by molar-refractivity contribution is 7.80. The lowest BCUT2D eigenvalue weighted by molar-refractivity contribution is -0.160. The fourth-order valence-electron chi connectivity index (χ4n) is 2.85. The van der Waals surface area contributed by atoms with Crippen molar-refractivity contribution in [2.45, 2.75) is 44.3 Å². The number of aliphatic carboxylic acids is 1. The van der Waals surface area contributed by atoms with Gasteiger partial charge in [0.15, 0.2) is 6.10 Å². The van der Waals surface area contributed by atoms with E-state index in [2.05, 4.69) is 17.9 Å². The van der Waals surface area contributed by atoms with E-state index in [0.29, 0.717) is 15.5 Å². The zero-order chi connectivity index (χ0) is 19.6. The Morgan fingerprint density at radius 1 is 1.27 bits per heavy atom. The number of anilines is 1. The molecular weight excluding hydrogens is 370 g/mol. The topological polar surface area (TPSA) is 58.6 Å². The van der Waals surface area contributed by atoms with Crippen LogP contribution in [0.2, 0.25) is 5.02 Å². The van der Waals surface area contributed by atoms with Crippen molar-refractivity contribution in [3.8, 4) is 11.1 Å². The summed E-state index contributed by atoms with van der Waals surface area (Å²) in [5.74, 6) is -1.04. The van der Waals surface area contributed by atoms with E-state index in [1.165, 1.54) is 0 Å². The Morgan fingerprint density at radius 3 is 2.31 bits per heavy atom. The number of rotatable bonds is 5. The van der Waals surface area contributed by atoms with Crippen molar-refractivity contribution in [2.75, 3.05) is 12.4 Å². The van der Waals surface area contributed by atoms with Crippen LogP contribution in [0.3, 0.4) is 0 Å². The number of nitrogens with one attached hydrogen (secondary N) is 1. The first-order valence-corrected chi connectivity index (χ1v) is 9.08. The molecule has 1 unspecified atom stereocenters. The monoisotopic (exact) mass is 393 g/mol. The molecule has 0 saturated carbocycles. The highest BCUT2D eigenvalue weighted by atomic mass is 35.5. The number of carboxylic acids is 1. The smallest absolute Gasteiger partial charge is 0.337 e. The van der Waals surface area contributed by atoms with Crippen molar-refractivity contribution in [3.63, 3.8) is 0 Å². The van der Waals surface area contributed by atoms with Crippen LogP contribution in [0.5, 0.6) is 0 Å². The fraction of sp³-hybridized carbons (Fsp3) is 0.350. The molecule has 0 saturated heterocycles. The molecule has 0 amide bonds. The van der Waals surface area contributed by atoms with Crippen LogP contribution in [-0.4, -0.2) is 23.7 Å². The molecule has 0 spiro atoms. The number of carboxylic acid groups (broad SMARTS) is 1. The molecule has 0 aromatic heterocycles. The molecule has 2 N–H and O–H groups in total. The van der Waals surface area contributed by atoms with Crippen LogP contribution in [0.25, 0.3) is 11.1 Å². The van der Waals surface area contributed by atoms with Crippen LogP contribution >= 0.6 is 24.2 Å². The van der Waals surface area contributed by atoms with Gasteiger partial charge in [-0.1, -0.05) is 23.7 Å². The second kappa shape index (κ2) is 7.91. The minimum Gasteiger partial charge on any atom is -0.479 e. The first-order chi connectivity index (χ1) is 12.0. The molecule has 2 aromatic carbocycles. The molecule has 6 heteroatoms. The molecule has 2 rings (SSSR count). The van der Waals surface area contributed by atoms with Crippen LogP contribution in [0.1, 0.15) is 38.0 Å². The van der Waals surface area contributed by atoms with Gasteiger partial charge in [0.05, 0.1) is 5.60 Å². The lowest BCUT2D eigenvalue weighted by atomic mass is 9.91. The SMILES string of the molecule is CNc1cc(C)c(C(OC(C)(C)C)C(=O)O)c(-c2ccc(Cl)cc2)c1S. The van der Waals surface area contributed by atoms with E-state index < -0.39 is 17.7 Å². The van der Waals surface area contributed by atoms with Gasteiger partial charge in [0.1, 0.15) is 0 Å². The van der Waals surface area contributed by atoms with Crippen molar-refractivity contribution in [2.24, 2.45) is 0 Å². The molecule has 0 aliphatic heterocycles. The lowest BCUT2D eigenvalue weighted by Crippen LogP contribution is -2.28. The molecular formula is C20H24ClNO3S. The molecule has 0 bridgehead atoms. The Balaban J connectivity index is 2.80. The summed E-state index contributed by atoms with van der Waals surface area (Å²) in [5.41, 5.74) is 3.17. The number of benzene rings is 2. The van der Waals surface area contributed by atoms with E-state index >= 15 is 0 Å². The third-order valence-corrected chi connectivity index (χ3v) is 4.62. The van der Waals surface area contributed by atoms with E-state index in [-0.39, 0.29) is 0 Å². The number of carbonyl (C=O) groups is 1. The summed E-state index contributed by atoms with van der Waals surface area (Å²) in [6.07, 6.45) is -1.11. The summed E-state index contributed by atoms with van der Waals surface area (Å²) in [6.45, 7) is 7.39. The quantitative estimate of drug-likeness (QED) is 0.580. The van der Waals surface area contributed by atoms with Crippen LogP contribution in [0, 0.1) is 6.92 Å². The summed E-state index contributed by atoms with van der Waals surface area (Å²) in [5, 5.41) is 13.6. The van der Waals surface area contributed by atoms with Gasteiger partial charge in [-0.15, -0.1) is 12.6 Å². The number of thiol groups is 1. The highest BCUT2D eigenvalue weighted by Crippen LogP contribution is 2.42. The van der Waals surface area contributed by atoms with Gasteiger partial charge in [0.2, 0.25) is 0 Å². The number of halogens is 1. The highest BCUT2D eigenvalue weighted by Gasteiger charge is 2.32. The van der Waals surface area contributed by atoms with Crippen molar-refractivity contribution >= 4 is 35.9 Å². The van der Waals surface area contributed by atoms with Gasteiger partial charge in [-0.3, -0.25) is 0 Å². The molecule has 4 nitrogen and oxygen atoms in total. The predicted molar refractivity (Wildman–Crippen MR) is 110 cm³/mol. The third kappa shape index (κ3) is 4.53. The summed E-state index contributed by atoms with van der Waals surface area (Å²) < 4.78 is 5.90. The minimum absolute atomic E-state index is 0.596. The van der Waals surface area contributed by atoms with Gasteiger partial charge in [0.25, 0.3) is 0 Å². The average Bonchev–Trinajstić information content (AvgIpc) is 2.54. The van der Waals surface area contributed by atoms with Gasteiger partial charge in [-0.2, -0.15) is 0 Å². The summed E-state index contributed by atoms with van der Waals surface area (Å²) in [4.78, 5) is 12.7. The molecule has 2 aromatic rings. The van der Waals surface area contributed by atoms with E-state index in [9.17, 15) is 9.90 Å². The minimum atomic E-state index is -1.11. The molecule has 0 aliphatic carbocycles. The number of aryl methyl sites for hydroxylation is 1. The Morgan fingerprint density at radius 2 is 1.85 bits per heavy atom. The standard InChI is InChI=1S/C20H24ClNO3S/c1-11-10-14(22-5)18(26)16(12-6-8-13(21)9-7-12)15(11)17(19(23)24)25-20(2,3)4/h6-10,17,22,26H,1-5H3,(H,23,24). The number of ether oxygens (including phenoxy) is 1. The van der Waals surface area contributed by atoms with Crippen LogP contribution in [0.15, 0.2) is 35.2 Å². The third-order valence-electron chi connectivity index (χ3n) is 3.91. The Kier molecular flexibility index (Phi) is 6.27. The maximum Gasteiger partial charge on any atom is 0.337 e. The van der Waals surface area contributed by atoms with Crippen molar-refractivity contribution in [1.29, 1.82) is 0 Å². The molecule has 140 valence electrons. The van der Waals surface area contributed by atoms with E-state index in [0.717, 1.165) is 22.4 Å². The molecule has 0 fully saturated rings. The van der Waals surface area contributed by atoms with Crippen molar-refractivity contribution in [1.82, 2.24) is 0 Å². The van der Waals surface area contributed by atoms with E-state index in [1.807, 2.05) is 45.9 Å². The molecule has 0 heterocycles. The van der Waals surface area contributed by atoms with E-state index in [4.69, 9.17) is 16.3 Å². The van der Waals surface area contributed by atoms with Gasteiger partial charge < -0.3 is 15.2 Å². The van der Waals surface area contributed by atoms with Crippen molar-refractivity contribution < 1.29 is 14.6 Å². The average molecular weight is 394 g/mol. The fourth-order valence-corrected chi connectivity index (χ4v) is 3.40. The Hall–Kier alpha value is -1.69. The van der Waals surface area contributed by atoms with Crippen LogP contribution < -0.4 is 5.32 Å². The predicted octanol–water partition coefficient (Wildman–Crippen LogP) is 5.59. The molecule has 1 atom stereocenters. The lowest BCUT2D eigenvalue weighted by Gasteiger charge is -2.29. The zero-order valence-electron chi connectivity index (χ0n) is 15.6. The normalized spacial score (nSPS) is 12.7. The molecule has 0 aliphatic rings. The summed E-state index contributed by atoms with van der Waals surface area (Å²) in [6, 6.07) is 9.15. The largest absolute Gasteiger partial charge is 0.479 e. The first-order valence-electron chi connectivity index (χ1n) is 8.26. The van der Waals surface area contributed by atoms with Gasteiger partial charge in [-0.05, 0) is 57.0 Å². The van der Waals surface area contributed by atoms with Crippen LogP contribution in [0.4, 0.5) is 5.69 Å². The first kappa shape index (κ1) is 20.6.